The fourth-order valence-electron chi connectivity index (χ4n) is 3.42. The molecule has 2 aromatic carbocycles. The van der Waals surface area contributed by atoms with Gasteiger partial charge in [-0.3, -0.25) is 14.5 Å². The molecule has 2 amide bonds. The van der Waals surface area contributed by atoms with E-state index in [0.29, 0.717) is 11.4 Å². The van der Waals surface area contributed by atoms with Gasteiger partial charge in [-0.2, -0.15) is 13.2 Å². The number of rotatable bonds is 6. The number of aromatic nitrogens is 1. The van der Waals surface area contributed by atoms with E-state index >= 15 is 0 Å². The summed E-state index contributed by atoms with van der Waals surface area (Å²) in [6, 6.07) is 9.62. The number of anilines is 2. The highest BCUT2D eigenvalue weighted by molar-refractivity contribution is 7.09. The minimum atomic E-state index is -4.52. The predicted molar refractivity (Wildman–Crippen MR) is 119 cm³/mol. The zero-order valence-electron chi connectivity index (χ0n) is 17.6. The van der Waals surface area contributed by atoms with Crippen LogP contribution in [0.15, 0.2) is 47.8 Å². The maximum absolute atomic E-state index is 12.9. The second-order valence-corrected chi connectivity index (χ2v) is 8.40. The molecule has 0 aliphatic carbocycles. The summed E-state index contributed by atoms with van der Waals surface area (Å²) in [6.45, 7) is 1.47. The zero-order valence-corrected chi connectivity index (χ0v) is 18.4. The van der Waals surface area contributed by atoms with E-state index in [9.17, 15) is 22.8 Å². The first kappa shape index (κ1) is 22.8. The van der Waals surface area contributed by atoms with Crippen LogP contribution in [0.5, 0.6) is 5.75 Å². The van der Waals surface area contributed by atoms with Gasteiger partial charge in [-0.05, 0) is 49.2 Å². The SMILES string of the molecule is CCCc1nc(-c2ccc3c(c2)N(CC(=O)Nc2cccc(C(F)(F)F)c2)C(=O)CO3)cs1. The van der Waals surface area contributed by atoms with Gasteiger partial charge in [0.05, 0.1) is 22.0 Å². The van der Waals surface area contributed by atoms with Crippen molar-refractivity contribution < 1.29 is 27.5 Å². The Balaban J connectivity index is 1.55. The van der Waals surface area contributed by atoms with Gasteiger partial charge in [0.1, 0.15) is 12.3 Å². The average Bonchev–Trinajstić information content (AvgIpc) is 3.24. The summed E-state index contributed by atoms with van der Waals surface area (Å²) in [5.74, 6) is -0.613. The van der Waals surface area contributed by atoms with Gasteiger partial charge < -0.3 is 10.1 Å². The number of carbonyl (C=O) groups excluding carboxylic acids is 2. The molecule has 0 radical (unpaired) electrons. The number of carbonyl (C=O) groups is 2. The van der Waals surface area contributed by atoms with Crippen LogP contribution < -0.4 is 15.0 Å². The first-order chi connectivity index (χ1) is 15.7. The normalized spacial score (nSPS) is 13.5. The number of nitrogens with one attached hydrogen (secondary N) is 1. The van der Waals surface area contributed by atoms with Gasteiger partial charge in [-0.25, -0.2) is 4.98 Å². The van der Waals surface area contributed by atoms with E-state index in [1.807, 2.05) is 11.4 Å². The lowest BCUT2D eigenvalue weighted by Crippen LogP contribution is -2.43. The van der Waals surface area contributed by atoms with Crippen LogP contribution in [0, 0.1) is 0 Å². The number of amides is 2. The number of nitrogens with zero attached hydrogens (tertiary/aromatic N) is 2. The molecular formula is C23H20F3N3O3S. The maximum atomic E-state index is 12.9. The van der Waals surface area contributed by atoms with Crippen molar-refractivity contribution >= 4 is 34.5 Å². The standard InChI is InChI=1S/C23H20F3N3O3S/c1-2-4-21-28-17(13-33-21)14-7-8-19-18(9-14)29(22(31)12-32-19)11-20(30)27-16-6-3-5-15(10-16)23(24,25)26/h3,5-10,13H,2,4,11-12H2,1H3,(H,27,30). The van der Waals surface area contributed by atoms with Crippen LogP contribution >= 0.6 is 11.3 Å². The molecule has 0 spiro atoms. The van der Waals surface area contributed by atoms with E-state index in [2.05, 4.69) is 17.2 Å². The number of hydrogen-bond acceptors (Lipinski definition) is 5. The first-order valence-corrected chi connectivity index (χ1v) is 11.1. The minimum absolute atomic E-state index is 0.00423. The molecule has 3 aromatic rings. The number of fused-ring (bicyclic) bond motifs is 1. The summed E-state index contributed by atoms with van der Waals surface area (Å²) in [4.78, 5) is 31.0. The summed E-state index contributed by atoms with van der Waals surface area (Å²) in [5, 5.41) is 5.38. The van der Waals surface area contributed by atoms with Gasteiger partial charge in [0.25, 0.3) is 5.91 Å². The minimum Gasteiger partial charge on any atom is -0.482 e. The quantitative estimate of drug-likeness (QED) is 0.536. The van der Waals surface area contributed by atoms with Crippen LogP contribution in [0.2, 0.25) is 0 Å². The molecule has 0 saturated carbocycles. The number of thiazole rings is 1. The second-order valence-electron chi connectivity index (χ2n) is 7.45. The lowest BCUT2D eigenvalue weighted by molar-refractivity contribution is -0.137. The molecule has 1 aliphatic rings. The van der Waals surface area contributed by atoms with Crippen LogP contribution in [-0.4, -0.2) is 29.9 Å². The molecule has 0 fully saturated rings. The molecule has 6 nitrogen and oxygen atoms in total. The molecule has 10 heteroatoms. The van der Waals surface area contributed by atoms with Crippen molar-refractivity contribution in [1.82, 2.24) is 4.98 Å². The van der Waals surface area contributed by atoms with E-state index in [4.69, 9.17) is 4.74 Å². The van der Waals surface area contributed by atoms with E-state index < -0.39 is 23.6 Å². The van der Waals surface area contributed by atoms with Crippen LogP contribution in [0.3, 0.4) is 0 Å². The smallest absolute Gasteiger partial charge is 0.416 e. The molecule has 1 aliphatic heterocycles. The van der Waals surface area contributed by atoms with Crippen LogP contribution in [-0.2, 0) is 22.2 Å². The highest BCUT2D eigenvalue weighted by atomic mass is 32.1. The molecule has 2 heterocycles. The first-order valence-electron chi connectivity index (χ1n) is 10.2. The van der Waals surface area contributed by atoms with E-state index in [-0.39, 0.29) is 18.8 Å². The summed E-state index contributed by atoms with van der Waals surface area (Å²) in [5.41, 5.74) is 1.07. The lowest BCUT2D eigenvalue weighted by Gasteiger charge is -2.29. The van der Waals surface area contributed by atoms with Crippen molar-refractivity contribution in [2.24, 2.45) is 0 Å². The molecule has 0 bridgehead atoms. The van der Waals surface area contributed by atoms with Crippen LogP contribution in [0.25, 0.3) is 11.3 Å². The van der Waals surface area contributed by atoms with Gasteiger partial charge in [-0.15, -0.1) is 11.3 Å². The van der Waals surface area contributed by atoms with Gasteiger partial charge in [0.15, 0.2) is 6.61 Å². The third-order valence-corrected chi connectivity index (χ3v) is 5.90. The van der Waals surface area contributed by atoms with Gasteiger partial charge in [0, 0.05) is 16.6 Å². The maximum Gasteiger partial charge on any atom is 0.416 e. The molecule has 0 saturated heterocycles. The number of aryl methyl sites for hydroxylation is 1. The highest BCUT2D eigenvalue weighted by Gasteiger charge is 2.31. The third-order valence-electron chi connectivity index (χ3n) is 4.99. The molecule has 0 atom stereocenters. The number of halogens is 3. The monoisotopic (exact) mass is 475 g/mol. The van der Waals surface area contributed by atoms with Gasteiger partial charge in [0.2, 0.25) is 5.91 Å². The lowest BCUT2D eigenvalue weighted by atomic mass is 10.1. The Bertz CT molecular complexity index is 1190. The van der Waals surface area contributed by atoms with Crippen molar-refractivity contribution in [3.05, 3.63) is 58.4 Å². The Hall–Kier alpha value is -3.40. The largest absolute Gasteiger partial charge is 0.482 e. The summed E-state index contributed by atoms with van der Waals surface area (Å²) in [7, 11) is 0. The topological polar surface area (TPSA) is 71.5 Å². The Kier molecular flexibility index (Phi) is 6.37. The molecule has 172 valence electrons. The van der Waals surface area contributed by atoms with E-state index in [1.165, 1.54) is 17.0 Å². The fourth-order valence-corrected chi connectivity index (χ4v) is 4.33. The van der Waals surface area contributed by atoms with Gasteiger partial charge >= 0.3 is 6.18 Å². The number of ether oxygens (including phenoxy) is 1. The van der Waals surface area contributed by atoms with Crippen molar-refractivity contribution in [3.8, 4) is 17.0 Å². The number of alkyl halides is 3. The summed E-state index contributed by atoms with van der Waals surface area (Å²) in [6.07, 6.45) is -2.67. The Morgan fingerprint density at radius 1 is 1.24 bits per heavy atom. The molecule has 4 rings (SSSR count). The summed E-state index contributed by atoms with van der Waals surface area (Å²) >= 11 is 1.56. The molecule has 1 N–H and O–H groups in total. The van der Waals surface area contributed by atoms with Crippen molar-refractivity contribution in [2.75, 3.05) is 23.4 Å². The van der Waals surface area contributed by atoms with Crippen LogP contribution in [0.1, 0.15) is 23.9 Å². The van der Waals surface area contributed by atoms with Crippen molar-refractivity contribution in [3.63, 3.8) is 0 Å². The highest BCUT2D eigenvalue weighted by Crippen LogP contribution is 2.36. The number of benzene rings is 2. The molecular weight excluding hydrogens is 455 g/mol. The summed E-state index contributed by atoms with van der Waals surface area (Å²) < 4.78 is 44.3. The average molecular weight is 475 g/mol. The number of hydrogen-bond donors (Lipinski definition) is 1. The van der Waals surface area contributed by atoms with E-state index in [1.54, 1.807) is 23.5 Å². The van der Waals surface area contributed by atoms with E-state index in [0.717, 1.165) is 41.2 Å². The molecule has 33 heavy (non-hydrogen) atoms. The Morgan fingerprint density at radius 3 is 2.82 bits per heavy atom. The Labute approximate surface area is 192 Å². The molecule has 0 unspecified atom stereocenters. The second kappa shape index (κ2) is 9.22. The van der Waals surface area contributed by atoms with Crippen molar-refractivity contribution in [1.29, 1.82) is 0 Å². The molecule has 1 aromatic heterocycles. The van der Waals surface area contributed by atoms with Gasteiger partial charge in [-0.1, -0.05) is 13.0 Å². The van der Waals surface area contributed by atoms with Crippen LogP contribution in [0.4, 0.5) is 24.5 Å². The fraction of sp³-hybridized carbons (Fsp3) is 0.261. The zero-order chi connectivity index (χ0) is 23.6. The predicted octanol–water partition coefficient (Wildman–Crippen LogP) is 5.15. The third kappa shape index (κ3) is 5.16. The Morgan fingerprint density at radius 2 is 2.06 bits per heavy atom. The van der Waals surface area contributed by atoms with Crippen molar-refractivity contribution in [2.45, 2.75) is 25.9 Å².